The van der Waals surface area contributed by atoms with E-state index >= 15 is 0 Å². The average Bonchev–Trinajstić information content (AvgIpc) is 3.11. The molecule has 0 aliphatic heterocycles. The maximum absolute atomic E-state index is 14.7. The lowest BCUT2D eigenvalue weighted by Crippen LogP contribution is -2.59. The lowest BCUT2D eigenvalue weighted by Gasteiger charge is -2.52. The van der Waals surface area contributed by atoms with E-state index in [1.165, 1.54) is 21.6 Å². The number of rotatable bonds is 3. The standard InChI is InChI=1S/C28H30F2O2S/c1-4-28(29,30)27(32)16-14-23-21-9-10-22-19(20(21)13-15-26(23,27)2)11-12-24(31)25(22)17-5-7-18(33-3)8-6-17/h1,5-8,21,23,32H,9-16H2,2-3H3/t21-,23+,26+,27+/m1/s1. The number of hydrogen-bond donors (Lipinski definition) is 1. The summed E-state index contributed by atoms with van der Waals surface area (Å²) in [6, 6.07) is 8.21. The van der Waals surface area contributed by atoms with Crippen molar-refractivity contribution in [1.82, 2.24) is 0 Å². The van der Waals surface area contributed by atoms with Crippen LogP contribution in [-0.2, 0) is 4.79 Å². The molecule has 5 heteroatoms. The highest BCUT2D eigenvalue weighted by molar-refractivity contribution is 7.98. The minimum absolute atomic E-state index is 0.0125. The molecule has 0 aromatic heterocycles. The second-order valence-electron chi connectivity index (χ2n) is 10.3. The summed E-state index contributed by atoms with van der Waals surface area (Å²) in [6.45, 7) is 1.83. The van der Waals surface area contributed by atoms with E-state index in [0.29, 0.717) is 25.7 Å². The highest BCUT2D eigenvalue weighted by Crippen LogP contribution is 2.66. The smallest absolute Gasteiger partial charge is 0.336 e. The van der Waals surface area contributed by atoms with E-state index in [0.717, 1.165) is 30.4 Å². The number of terminal acetylenes is 1. The summed E-state index contributed by atoms with van der Waals surface area (Å²) in [5.41, 5.74) is 2.57. The van der Waals surface area contributed by atoms with Gasteiger partial charge in [-0.3, -0.25) is 4.79 Å². The lowest BCUT2D eigenvalue weighted by atomic mass is 9.54. The Morgan fingerprint density at radius 3 is 2.48 bits per heavy atom. The Kier molecular flexibility index (Phi) is 5.42. The number of carbonyl (C=O) groups excluding carboxylic acids is 1. The number of ketones is 1. The van der Waals surface area contributed by atoms with E-state index in [-0.39, 0.29) is 24.0 Å². The summed E-state index contributed by atoms with van der Waals surface area (Å²) in [5.74, 6) is -1.57. The van der Waals surface area contributed by atoms with E-state index in [9.17, 15) is 18.7 Å². The molecular formula is C28H30F2O2S. The van der Waals surface area contributed by atoms with Gasteiger partial charge in [-0.25, -0.2) is 0 Å². The van der Waals surface area contributed by atoms with Crippen molar-refractivity contribution in [3.8, 4) is 12.3 Å². The highest BCUT2D eigenvalue weighted by Gasteiger charge is 2.69. The van der Waals surface area contributed by atoms with Crippen LogP contribution in [0.1, 0.15) is 63.9 Å². The van der Waals surface area contributed by atoms with Crippen molar-refractivity contribution in [2.75, 3.05) is 6.26 Å². The predicted molar refractivity (Wildman–Crippen MR) is 128 cm³/mol. The van der Waals surface area contributed by atoms with Crippen molar-refractivity contribution in [2.24, 2.45) is 17.3 Å². The number of halogens is 2. The Morgan fingerprint density at radius 2 is 1.82 bits per heavy atom. The van der Waals surface area contributed by atoms with E-state index in [2.05, 4.69) is 12.1 Å². The van der Waals surface area contributed by atoms with E-state index in [1.54, 1.807) is 17.7 Å². The average molecular weight is 469 g/mol. The predicted octanol–water partition coefficient (Wildman–Crippen LogP) is 6.44. The Hall–Kier alpha value is -1.90. The zero-order valence-electron chi connectivity index (χ0n) is 19.2. The molecule has 5 rings (SSSR count). The van der Waals surface area contributed by atoms with Gasteiger partial charge in [0.2, 0.25) is 0 Å². The number of fused-ring (bicyclic) bond motifs is 4. The van der Waals surface area contributed by atoms with Gasteiger partial charge in [-0.1, -0.05) is 24.6 Å². The Labute approximate surface area is 198 Å². The second-order valence-corrected chi connectivity index (χ2v) is 11.2. The van der Waals surface area contributed by atoms with Crippen molar-refractivity contribution in [3.05, 3.63) is 46.5 Å². The number of hydrogen-bond acceptors (Lipinski definition) is 3. The number of carbonyl (C=O) groups is 1. The van der Waals surface area contributed by atoms with Crippen molar-refractivity contribution in [1.29, 1.82) is 0 Å². The molecule has 2 saturated carbocycles. The van der Waals surface area contributed by atoms with E-state index < -0.39 is 16.9 Å². The zero-order valence-corrected chi connectivity index (χ0v) is 20.0. The zero-order chi connectivity index (χ0) is 23.6. The van der Waals surface area contributed by atoms with Gasteiger partial charge in [0.1, 0.15) is 5.60 Å². The number of alkyl halides is 2. The molecule has 0 bridgehead atoms. The molecule has 33 heavy (non-hydrogen) atoms. The van der Waals surface area contributed by atoms with Crippen LogP contribution in [0, 0.1) is 29.6 Å². The summed E-state index contributed by atoms with van der Waals surface area (Å²) < 4.78 is 29.5. The van der Waals surface area contributed by atoms with Gasteiger partial charge >= 0.3 is 5.92 Å². The molecule has 0 saturated heterocycles. The minimum atomic E-state index is -3.53. The first kappa shape index (κ1) is 22.9. The minimum Gasteiger partial charge on any atom is -0.382 e. The molecule has 4 atom stereocenters. The SMILES string of the molecule is C#CC(F)(F)[C@]1(O)CC[C@H]2[C@@H]3CCC4=C(c5ccc(SC)cc5)C(=O)CCC4=C3CC[C@@]21C. The van der Waals surface area contributed by atoms with Gasteiger partial charge in [-0.05, 0) is 97.8 Å². The molecule has 0 spiro atoms. The van der Waals surface area contributed by atoms with Crippen LogP contribution in [0.4, 0.5) is 8.78 Å². The van der Waals surface area contributed by atoms with E-state index in [1.807, 2.05) is 25.3 Å². The molecule has 1 aromatic carbocycles. The Bertz CT molecular complexity index is 1110. The Balaban J connectivity index is 1.56. The topological polar surface area (TPSA) is 37.3 Å². The summed E-state index contributed by atoms with van der Waals surface area (Å²) in [4.78, 5) is 14.2. The van der Waals surface area contributed by atoms with Crippen LogP contribution in [0.2, 0.25) is 0 Å². The van der Waals surface area contributed by atoms with Gasteiger partial charge < -0.3 is 5.11 Å². The molecule has 4 aliphatic rings. The first-order valence-corrected chi connectivity index (χ1v) is 13.1. The van der Waals surface area contributed by atoms with Gasteiger partial charge in [0, 0.05) is 22.3 Å². The molecule has 4 aliphatic carbocycles. The van der Waals surface area contributed by atoms with Gasteiger partial charge in [-0.15, -0.1) is 18.2 Å². The van der Waals surface area contributed by atoms with Crippen LogP contribution < -0.4 is 0 Å². The molecule has 2 nitrogen and oxygen atoms in total. The lowest BCUT2D eigenvalue weighted by molar-refractivity contribution is -0.207. The van der Waals surface area contributed by atoms with Crippen molar-refractivity contribution in [2.45, 2.75) is 74.7 Å². The fraction of sp³-hybridized carbons (Fsp3) is 0.536. The quantitative estimate of drug-likeness (QED) is 0.410. The normalized spacial score (nSPS) is 34.0. The summed E-state index contributed by atoms with van der Waals surface area (Å²) in [5, 5.41) is 11.2. The number of allylic oxidation sites excluding steroid dienone is 4. The van der Waals surface area contributed by atoms with Crippen molar-refractivity contribution < 1.29 is 18.7 Å². The summed E-state index contributed by atoms with van der Waals surface area (Å²) in [7, 11) is 0. The first-order chi connectivity index (χ1) is 15.7. The molecule has 0 radical (unpaired) electrons. The van der Waals surface area contributed by atoms with Crippen molar-refractivity contribution in [3.63, 3.8) is 0 Å². The number of thioether (sulfide) groups is 1. The molecule has 1 aromatic rings. The first-order valence-electron chi connectivity index (χ1n) is 11.9. The van der Waals surface area contributed by atoms with Crippen LogP contribution in [-0.4, -0.2) is 28.7 Å². The van der Waals surface area contributed by atoms with Crippen molar-refractivity contribution >= 4 is 23.1 Å². The van der Waals surface area contributed by atoms with Gasteiger partial charge in [-0.2, -0.15) is 8.78 Å². The maximum Gasteiger partial charge on any atom is 0.336 e. The van der Waals surface area contributed by atoms with Crippen LogP contribution >= 0.6 is 11.8 Å². The fourth-order valence-corrected chi connectivity index (χ4v) is 7.79. The third-order valence-corrected chi connectivity index (χ3v) is 9.89. The molecule has 2 fully saturated rings. The third-order valence-electron chi connectivity index (χ3n) is 9.15. The van der Waals surface area contributed by atoms with Gasteiger partial charge in [0.15, 0.2) is 5.78 Å². The fourth-order valence-electron chi connectivity index (χ4n) is 7.38. The Morgan fingerprint density at radius 1 is 1.09 bits per heavy atom. The molecular weight excluding hydrogens is 438 g/mol. The largest absolute Gasteiger partial charge is 0.382 e. The highest BCUT2D eigenvalue weighted by atomic mass is 32.2. The van der Waals surface area contributed by atoms with E-state index in [4.69, 9.17) is 6.42 Å². The second kappa shape index (κ2) is 7.82. The van der Waals surface area contributed by atoms with Gasteiger partial charge in [0.05, 0.1) is 0 Å². The monoisotopic (exact) mass is 468 g/mol. The molecule has 0 amide bonds. The summed E-state index contributed by atoms with van der Waals surface area (Å²) >= 11 is 1.68. The molecule has 1 N–H and O–H groups in total. The summed E-state index contributed by atoms with van der Waals surface area (Å²) in [6.07, 6.45) is 11.8. The molecule has 174 valence electrons. The number of aliphatic hydroxyl groups is 1. The van der Waals surface area contributed by atoms with Crippen LogP contribution in [0.5, 0.6) is 0 Å². The van der Waals surface area contributed by atoms with Crippen LogP contribution in [0.25, 0.3) is 5.57 Å². The maximum atomic E-state index is 14.7. The van der Waals surface area contributed by atoms with Crippen LogP contribution in [0.3, 0.4) is 0 Å². The number of Topliss-reactive ketones (excluding diaryl/α,β-unsaturated/α-hetero) is 1. The molecule has 0 unspecified atom stereocenters. The molecule has 0 heterocycles. The number of benzene rings is 1. The third kappa shape index (κ3) is 3.13. The van der Waals surface area contributed by atoms with Crippen LogP contribution in [0.15, 0.2) is 45.9 Å². The van der Waals surface area contributed by atoms with Gasteiger partial charge in [0.25, 0.3) is 0 Å².